The van der Waals surface area contributed by atoms with Gasteiger partial charge >= 0.3 is 0 Å². The molecule has 0 aliphatic carbocycles. The third-order valence-electron chi connectivity index (χ3n) is 1.22. The second-order valence-electron chi connectivity index (χ2n) is 2.04. The number of benzene rings is 1. The Balaban J connectivity index is 3.21. The second-order valence-corrected chi connectivity index (χ2v) is 3.17. The molecule has 0 unspecified atom stereocenters. The first-order valence-corrected chi connectivity index (χ1v) is 4.20. The van der Waals surface area contributed by atoms with Crippen LogP contribution in [0, 0.1) is 5.82 Å². The minimum Gasteiger partial charge on any atom is -0.505 e. The van der Waals surface area contributed by atoms with Crippen molar-refractivity contribution < 1.29 is 9.50 Å². The first-order chi connectivity index (χ1) is 5.15. The maximum atomic E-state index is 12.7. The smallest absolute Gasteiger partial charge is 0.178 e. The molecule has 0 saturated heterocycles. The van der Waals surface area contributed by atoms with E-state index in [1.807, 2.05) is 0 Å². The highest BCUT2D eigenvalue weighted by Gasteiger charge is 2.06. The van der Waals surface area contributed by atoms with Crippen LogP contribution in [-0.4, -0.2) is 5.11 Å². The highest BCUT2D eigenvalue weighted by Crippen LogP contribution is 2.26. The zero-order valence-electron chi connectivity index (χ0n) is 5.44. The summed E-state index contributed by atoms with van der Waals surface area (Å²) in [5.74, 6) is -0.777. The summed E-state index contributed by atoms with van der Waals surface area (Å²) in [4.78, 5) is 0. The molecule has 0 atom stereocenters. The predicted octanol–water partition coefficient (Wildman–Crippen LogP) is 3.03. The van der Waals surface area contributed by atoms with Crippen molar-refractivity contribution in [2.45, 2.75) is 5.88 Å². The van der Waals surface area contributed by atoms with Crippen LogP contribution >= 0.6 is 27.5 Å². The largest absolute Gasteiger partial charge is 0.505 e. The van der Waals surface area contributed by atoms with Crippen LogP contribution in [0.2, 0.25) is 0 Å². The van der Waals surface area contributed by atoms with Crippen molar-refractivity contribution in [1.82, 2.24) is 0 Å². The van der Waals surface area contributed by atoms with Gasteiger partial charge in [-0.3, -0.25) is 0 Å². The quantitative estimate of drug-likeness (QED) is 0.747. The van der Waals surface area contributed by atoms with E-state index in [0.717, 1.165) is 0 Å². The van der Waals surface area contributed by atoms with Crippen LogP contribution in [0.3, 0.4) is 0 Å². The molecule has 60 valence electrons. The zero-order chi connectivity index (χ0) is 8.43. The van der Waals surface area contributed by atoms with Crippen molar-refractivity contribution in [3.8, 4) is 5.75 Å². The van der Waals surface area contributed by atoms with Crippen molar-refractivity contribution >= 4 is 27.5 Å². The van der Waals surface area contributed by atoms with Crippen molar-refractivity contribution in [3.63, 3.8) is 0 Å². The third-order valence-corrected chi connectivity index (χ3v) is 2.11. The summed E-state index contributed by atoms with van der Waals surface area (Å²) >= 11 is 8.41. The molecule has 0 spiro atoms. The fraction of sp³-hybridized carbons (Fsp3) is 0.143. The molecule has 11 heavy (non-hydrogen) atoms. The molecule has 0 saturated carbocycles. The van der Waals surface area contributed by atoms with Gasteiger partial charge in [0.1, 0.15) is 0 Å². The maximum Gasteiger partial charge on any atom is 0.178 e. The van der Waals surface area contributed by atoms with Gasteiger partial charge in [0.25, 0.3) is 0 Å². The van der Waals surface area contributed by atoms with E-state index in [9.17, 15) is 4.39 Å². The summed E-state index contributed by atoms with van der Waals surface area (Å²) < 4.78 is 12.9. The SMILES string of the molecule is Oc1cc(CCl)cc(Br)c1F. The summed E-state index contributed by atoms with van der Waals surface area (Å²) in [7, 11) is 0. The van der Waals surface area contributed by atoms with Crippen molar-refractivity contribution in [2.75, 3.05) is 0 Å². The highest BCUT2D eigenvalue weighted by atomic mass is 79.9. The number of alkyl halides is 1. The Morgan fingerprint density at radius 2 is 2.18 bits per heavy atom. The van der Waals surface area contributed by atoms with Crippen LogP contribution in [-0.2, 0) is 5.88 Å². The summed E-state index contributed by atoms with van der Waals surface area (Å²) in [6.07, 6.45) is 0. The van der Waals surface area contributed by atoms with Crippen LogP contribution in [0.1, 0.15) is 5.56 Å². The lowest BCUT2D eigenvalue weighted by Gasteiger charge is -2.00. The predicted molar refractivity (Wildman–Crippen MR) is 45.3 cm³/mol. The molecule has 1 nitrogen and oxygen atoms in total. The van der Waals surface area contributed by atoms with Crippen molar-refractivity contribution in [1.29, 1.82) is 0 Å². The highest BCUT2D eigenvalue weighted by molar-refractivity contribution is 9.10. The molecule has 0 radical (unpaired) electrons. The van der Waals surface area contributed by atoms with Crippen molar-refractivity contribution in [3.05, 3.63) is 28.0 Å². The van der Waals surface area contributed by atoms with Gasteiger partial charge in [0.2, 0.25) is 0 Å². The Hall–Kier alpha value is -0.280. The molecule has 0 heterocycles. The molecule has 0 fully saturated rings. The summed E-state index contributed by atoms with van der Waals surface area (Å²) in [6, 6.07) is 2.83. The average Bonchev–Trinajstić information content (AvgIpc) is 1.99. The molecular formula is C7H5BrClFO. The van der Waals surface area contributed by atoms with E-state index < -0.39 is 5.82 Å². The van der Waals surface area contributed by atoms with Crippen LogP contribution in [0.25, 0.3) is 0 Å². The van der Waals surface area contributed by atoms with E-state index in [4.69, 9.17) is 16.7 Å². The minimum atomic E-state index is -0.654. The summed E-state index contributed by atoms with van der Waals surface area (Å²) in [5, 5.41) is 8.95. The molecule has 0 amide bonds. The van der Waals surface area contributed by atoms with Gasteiger partial charge in [0.05, 0.1) is 4.47 Å². The van der Waals surface area contributed by atoms with E-state index in [1.165, 1.54) is 12.1 Å². The molecule has 0 aliphatic heterocycles. The van der Waals surface area contributed by atoms with Gasteiger partial charge in [-0.2, -0.15) is 0 Å². The lowest BCUT2D eigenvalue weighted by atomic mass is 10.2. The van der Waals surface area contributed by atoms with Gasteiger partial charge in [-0.1, -0.05) is 0 Å². The molecule has 1 N–H and O–H groups in total. The van der Waals surface area contributed by atoms with E-state index in [1.54, 1.807) is 0 Å². The second kappa shape index (κ2) is 3.41. The Morgan fingerprint density at radius 1 is 1.55 bits per heavy atom. The lowest BCUT2D eigenvalue weighted by molar-refractivity contribution is 0.430. The Morgan fingerprint density at radius 3 is 2.64 bits per heavy atom. The van der Waals surface area contributed by atoms with E-state index in [2.05, 4.69) is 15.9 Å². The van der Waals surface area contributed by atoms with Gasteiger partial charge in [-0.25, -0.2) is 4.39 Å². The topological polar surface area (TPSA) is 20.2 Å². The standard InChI is InChI=1S/C7H5BrClFO/c8-5-1-4(3-9)2-6(11)7(5)10/h1-2,11H,3H2. The maximum absolute atomic E-state index is 12.7. The molecule has 0 bridgehead atoms. The first kappa shape index (κ1) is 8.81. The van der Waals surface area contributed by atoms with Crippen LogP contribution in [0.15, 0.2) is 16.6 Å². The Bertz CT molecular complexity index is 254. The summed E-state index contributed by atoms with van der Waals surface area (Å²) in [6.45, 7) is 0. The van der Waals surface area contributed by atoms with Gasteiger partial charge in [0.15, 0.2) is 11.6 Å². The number of hydrogen-bond donors (Lipinski definition) is 1. The fourth-order valence-corrected chi connectivity index (χ4v) is 1.36. The van der Waals surface area contributed by atoms with E-state index in [-0.39, 0.29) is 16.1 Å². The Kier molecular flexibility index (Phi) is 2.73. The molecule has 4 heteroatoms. The van der Waals surface area contributed by atoms with Crippen LogP contribution in [0.4, 0.5) is 4.39 Å². The molecule has 0 aliphatic rings. The zero-order valence-corrected chi connectivity index (χ0v) is 7.78. The van der Waals surface area contributed by atoms with Gasteiger partial charge in [0, 0.05) is 5.88 Å². The number of phenols is 1. The number of phenolic OH excluding ortho intramolecular Hbond substituents is 1. The fourth-order valence-electron chi connectivity index (χ4n) is 0.706. The van der Waals surface area contributed by atoms with E-state index in [0.29, 0.717) is 5.56 Å². The normalized spacial score (nSPS) is 10.1. The molecule has 1 aromatic rings. The van der Waals surface area contributed by atoms with Crippen LogP contribution in [0.5, 0.6) is 5.75 Å². The molecule has 1 rings (SSSR count). The molecular weight excluding hydrogens is 234 g/mol. The monoisotopic (exact) mass is 238 g/mol. The number of halogens is 3. The molecule has 0 aromatic heterocycles. The van der Waals surface area contributed by atoms with E-state index >= 15 is 0 Å². The first-order valence-electron chi connectivity index (χ1n) is 2.88. The van der Waals surface area contributed by atoms with Gasteiger partial charge in [-0.05, 0) is 33.6 Å². The van der Waals surface area contributed by atoms with Crippen LogP contribution < -0.4 is 0 Å². The lowest BCUT2D eigenvalue weighted by Crippen LogP contribution is -1.83. The number of hydrogen-bond acceptors (Lipinski definition) is 1. The minimum absolute atomic E-state index is 0.230. The number of rotatable bonds is 1. The Labute approximate surface area is 76.9 Å². The third kappa shape index (κ3) is 1.84. The van der Waals surface area contributed by atoms with Gasteiger partial charge in [-0.15, -0.1) is 11.6 Å². The van der Waals surface area contributed by atoms with Gasteiger partial charge < -0.3 is 5.11 Å². The molecule has 1 aromatic carbocycles. The van der Waals surface area contributed by atoms with Crippen molar-refractivity contribution in [2.24, 2.45) is 0 Å². The average molecular weight is 239 g/mol. The summed E-state index contributed by atoms with van der Waals surface area (Å²) in [5.41, 5.74) is 0.678. The number of aromatic hydroxyl groups is 1.